The normalized spacial score (nSPS) is 10.1. The topological polar surface area (TPSA) is 61.7 Å². The lowest BCUT2D eigenvalue weighted by Crippen LogP contribution is -1.77. The van der Waals surface area contributed by atoms with E-state index in [1.54, 1.807) is 17.5 Å². The van der Waals surface area contributed by atoms with Gasteiger partial charge in [0.25, 0.3) is 0 Å². The first-order valence-electron chi connectivity index (χ1n) is 4.16. The Labute approximate surface area is 84.8 Å². The summed E-state index contributed by atoms with van der Waals surface area (Å²) in [5.74, 6) is 0. The van der Waals surface area contributed by atoms with Crippen LogP contribution in [0.25, 0.3) is 20.5 Å². The smallest absolute Gasteiger partial charge is 0.0608 e. The van der Waals surface area contributed by atoms with Gasteiger partial charge in [-0.05, 0) is 24.1 Å². The average Bonchev–Trinajstić information content (AvgIpc) is 2.54. The highest BCUT2D eigenvalue weighted by Crippen LogP contribution is 2.30. The zero-order chi connectivity index (χ0) is 9.97. The first-order chi connectivity index (χ1) is 6.83. The maximum atomic E-state index is 8.24. The van der Waals surface area contributed by atoms with Gasteiger partial charge in [0.05, 0.1) is 6.54 Å². The van der Waals surface area contributed by atoms with Crippen molar-refractivity contribution in [2.24, 2.45) is 5.11 Å². The summed E-state index contributed by atoms with van der Waals surface area (Å²) in [4.78, 5) is 7.95. The van der Waals surface area contributed by atoms with Crippen molar-refractivity contribution in [3.05, 3.63) is 39.3 Å². The van der Waals surface area contributed by atoms with Gasteiger partial charge < -0.3 is 0 Å². The summed E-state index contributed by atoms with van der Waals surface area (Å²) < 4.78 is 1.20. The van der Waals surface area contributed by atoms with Crippen molar-refractivity contribution in [3.63, 3.8) is 0 Å². The summed E-state index contributed by atoms with van der Waals surface area (Å²) in [6, 6.07) is 1.98. The molecule has 0 bridgehead atoms. The Morgan fingerprint density at radius 3 is 3.21 bits per heavy atom. The maximum Gasteiger partial charge on any atom is 0.0608 e. The van der Waals surface area contributed by atoms with Crippen LogP contribution in [0, 0.1) is 6.92 Å². The van der Waals surface area contributed by atoms with Crippen molar-refractivity contribution >= 4 is 21.4 Å². The van der Waals surface area contributed by atoms with E-state index in [1.807, 2.05) is 19.2 Å². The molecule has 5 heteroatoms. The predicted molar refractivity (Wildman–Crippen MR) is 57.2 cm³/mol. The summed E-state index contributed by atoms with van der Waals surface area (Å²) >= 11 is 1.66. The summed E-state index contributed by atoms with van der Waals surface area (Å²) in [6.45, 7) is 2.46. The number of pyridine rings is 1. The highest BCUT2D eigenvalue weighted by atomic mass is 32.1. The van der Waals surface area contributed by atoms with E-state index in [2.05, 4.69) is 15.0 Å². The first-order valence-corrected chi connectivity index (χ1v) is 4.97. The molecule has 0 unspecified atom stereocenters. The summed E-state index contributed by atoms with van der Waals surface area (Å²) in [7, 11) is 0. The van der Waals surface area contributed by atoms with Crippen LogP contribution >= 0.6 is 11.3 Å². The Balaban J connectivity index is 2.56. The molecule has 70 valence electrons. The fourth-order valence-electron chi connectivity index (χ4n) is 1.36. The van der Waals surface area contributed by atoms with Crippen molar-refractivity contribution < 1.29 is 0 Å². The van der Waals surface area contributed by atoms with Crippen LogP contribution in [0.3, 0.4) is 0 Å². The van der Waals surface area contributed by atoms with Gasteiger partial charge in [-0.3, -0.25) is 4.98 Å². The number of hydrogen-bond donors (Lipinski definition) is 0. The van der Waals surface area contributed by atoms with Crippen LogP contribution in [0.2, 0.25) is 0 Å². The van der Waals surface area contributed by atoms with E-state index in [0.29, 0.717) is 6.54 Å². The van der Waals surface area contributed by atoms with E-state index in [0.717, 1.165) is 10.3 Å². The second kappa shape index (κ2) is 3.65. The Hall–Kier alpha value is -1.58. The molecule has 14 heavy (non-hydrogen) atoms. The molecule has 0 atom stereocenters. The van der Waals surface area contributed by atoms with Crippen LogP contribution in [-0.2, 0) is 6.54 Å². The fourth-order valence-corrected chi connectivity index (χ4v) is 2.45. The standard InChI is InChI=1S/C9H8N4S/c1-6-7-4-11-3-2-8(7)14-9(6)5-12-13-10/h2-4H,5H2,1H3. The molecule has 2 aromatic heterocycles. The molecule has 2 rings (SSSR count). The molecule has 0 saturated heterocycles. The van der Waals surface area contributed by atoms with E-state index >= 15 is 0 Å². The molecule has 0 aliphatic heterocycles. The number of thiophene rings is 1. The minimum absolute atomic E-state index is 0.432. The maximum absolute atomic E-state index is 8.24. The van der Waals surface area contributed by atoms with Gasteiger partial charge in [0.15, 0.2) is 0 Å². The lowest BCUT2D eigenvalue weighted by atomic mass is 10.2. The Morgan fingerprint density at radius 2 is 2.50 bits per heavy atom. The summed E-state index contributed by atoms with van der Waals surface area (Å²) in [5.41, 5.74) is 9.42. The Morgan fingerprint density at radius 1 is 1.64 bits per heavy atom. The molecule has 2 heterocycles. The molecule has 2 aromatic rings. The molecule has 0 N–H and O–H groups in total. The van der Waals surface area contributed by atoms with Gasteiger partial charge in [-0.1, -0.05) is 5.11 Å². The third-order valence-corrected chi connectivity index (χ3v) is 3.37. The average molecular weight is 204 g/mol. The zero-order valence-electron chi connectivity index (χ0n) is 7.64. The van der Waals surface area contributed by atoms with Crippen LogP contribution in [0.1, 0.15) is 10.4 Å². The van der Waals surface area contributed by atoms with Crippen molar-refractivity contribution in [1.82, 2.24) is 4.98 Å². The molecule has 4 nitrogen and oxygen atoms in total. The van der Waals surface area contributed by atoms with Gasteiger partial charge in [-0.25, -0.2) is 0 Å². The largest absolute Gasteiger partial charge is 0.264 e. The minimum atomic E-state index is 0.432. The van der Waals surface area contributed by atoms with Crippen LogP contribution in [0.15, 0.2) is 23.6 Å². The monoisotopic (exact) mass is 204 g/mol. The molecule has 0 aliphatic rings. The van der Waals surface area contributed by atoms with Gasteiger partial charge in [0.1, 0.15) is 0 Å². The lowest BCUT2D eigenvalue weighted by molar-refractivity contribution is 1.07. The quantitative estimate of drug-likeness (QED) is 0.420. The van der Waals surface area contributed by atoms with Crippen LogP contribution in [-0.4, -0.2) is 4.98 Å². The molecule has 0 aliphatic carbocycles. The number of aryl methyl sites for hydroxylation is 1. The van der Waals surface area contributed by atoms with Crippen molar-refractivity contribution in [2.45, 2.75) is 13.5 Å². The highest BCUT2D eigenvalue weighted by molar-refractivity contribution is 7.19. The number of fused-ring (bicyclic) bond motifs is 1. The van der Waals surface area contributed by atoms with Gasteiger partial charge in [0.2, 0.25) is 0 Å². The highest BCUT2D eigenvalue weighted by Gasteiger charge is 2.06. The van der Waals surface area contributed by atoms with Crippen LogP contribution in [0.5, 0.6) is 0 Å². The van der Waals surface area contributed by atoms with E-state index in [4.69, 9.17) is 5.53 Å². The van der Waals surface area contributed by atoms with Crippen LogP contribution < -0.4 is 0 Å². The molecule has 0 aromatic carbocycles. The SMILES string of the molecule is Cc1c(CN=[N+]=[N-])sc2ccncc12. The number of azide groups is 1. The zero-order valence-corrected chi connectivity index (χ0v) is 8.45. The fraction of sp³-hybridized carbons (Fsp3) is 0.222. The van der Waals surface area contributed by atoms with Crippen molar-refractivity contribution in [1.29, 1.82) is 0 Å². The molecule has 0 saturated carbocycles. The number of rotatable bonds is 2. The van der Waals surface area contributed by atoms with E-state index < -0.39 is 0 Å². The number of nitrogens with zero attached hydrogens (tertiary/aromatic N) is 4. The molecular formula is C9H8N4S. The van der Waals surface area contributed by atoms with Crippen molar-refractivity contribution in [2.75, 3.05) is 0 Å². The minimum Gasteiger partial charge on any atom is -0.264 e. The molecule has 0 fully saturated rings. The lowest BCUT2D eigenvalue weighted by Gasteiger charge is -1.91. The summed E-state index contributed by atoms with van der Waals surface area (Å²) in [6.07, 6.45) is 3.62. The molecular weight excluding hydrogens is 196 g/mol. The number of aromatic nitrogens is 1. The Bertz CT molecular complexity index is 511. The first kappa shape index (κ1) is 8.99. The van der Waals surface area contributed by atoms with Gasteiger partial charge in [-0.15, -0.1) is 11.3 Å². The molecule has 0 radical (unpaired) electrons. The molecule has 0 amide bonds. The third kappa shape index (κ3) is 1.43. The van der Waals surface area contributed by atoms with E-state index in [9.17, 15) is 0 Å². The molecule has 0 spiro atoms. The van der Waals surface area contributed by atoms with E-state index in [1.165, 1.54) is 10.3 Å². The second-order valence-corrected chi connectivity index (χ2v) is 4.05. The third-order valence-electron chi connectivity index (χ3n) is 2.11. The van der Waals surface area contributed by atoms with E-state index in [-0.39, 0.29) is 0 Å². The summed E-state index contributed by atoms with van der Waals surface area (Å²) in [5, 5.41) is 4.72. The van der Waals surface area contributed by atoms with Crippen molar-refractivity contribution in [3.8, 4) is 0 Å². The predicted octanol–water partition coefficient (Wildman–Crippen LogP) is 3.42. The van der Waals surface area contributed by atoms with Gasteiger partial charge in [-0.2, -0.15) is 0 Å². The van der Waals surface area contributed by atoms with Crippen LogP contribution in [0.4, 0.5) is 0 Å². The van der Waals surface area contributed by atoms with Gasteiger partial charge in [0, 0.05) is 32.3 Å². The number of hydrogen-bond acceptors (Lipinski definition) is 3. The Kier molecular flexibility index (Phi) is 2.35. The second-order valence-electron chi connectivity index (χ2n) is 2.91. The van der Waals surface area contributed by atoms with Gasteiger partial charge >= 0.3 is 0 Å².